The quantitative estimate of drug-likeness (QED) is 0.537. The van der Waals surface area contributed by atoms with Gasteiger partial charge in [-0.05, 0) is 42.0 Å². The number of anilines is 1. The Morgan fingerprint density at radius 1 is 1.00 bits per heavy atom. The van der Waals surface area contributed by atoms with Gasteiger partial charge in [0.15, 0.2) is 0 Å². The van der Waals surface area contributed by atoms with Crippen LogP contribution in [-0.4, -0.2) is 11.0 Å². The summed E-state index contributed by atoms with van der Waals surface area (Å²) < 4.78 is 14.5. The Balaban J connectivity index is 1.81. The summed E-state index contributed by atoms with van der Waals surface area (Å²) in [5.74, 6) is -0.759. The van der Waals surface area contributed by atoms with Crippen LogP contribution in [0, 0.1) is 5.82 Å². The zero-order valence-corrected chi connectivity index (χ0v) is 16.1. The van der Waals surface area contributed by atoms with E-state index < -0.39 is 11.2 Å². The zero-order chi connectivity index (χ0) is 19.7. The molecule has 0 bridgehead atoms. The molecule has 1 aliphatic heterocycles. The summed E-state index contributed by atoms with van der Waals surface area (Å²) >= 11 is 7.20. The second-order valence-corrected chi connectivity index (χ2v) is 7.77. The number of carbonyl (C=O) groups excluding carboxylic acids is 1. The second kappa shape index (κ2) is 7.70. The van der Waals surface area contributed by atoms with Crippen molar-refractivity contribution < 1.29 is 14.3 Å². The maximum Gasteiger partial charge on any atom is 0.266 e. The summed E-state index contributed by atoms with van der Waals surface area (Å²) in [4.78, 5) is 15.0. The molecule has 1 saturated heterocycles. The molecule has 0 aliphatic carbocycles. The lowest BCUT2D eigenvalue weighted by Crippen LogP contribution is -2.28. The van der Waals surface area contributed by atoms with Gasteiger partial charge in [-0.2, -0.15) is 0 Å². The monoisotopic (exact) mass is 411 g/mol. The molecule has 3 aromatic carbocycles. The number of benzene rings is 3. The van der Waals surface area contributed by atoms with Crippen molar-refractivity contribution in [3.8, 4) is 5.75 Å². The number of phenols is 1. The van der Waals surface area contributed by atoms with Gasteiger partial charge in [0.1, 0.15) is 16.9 Å². The van der Waals surface area contributed by atoms with E-state index in [-0.39, 0.29) is 17.3 Å². The third-order valence-corrected chi connectivity index (χ3v) is 5.87. The topological polar surface area (TPSA) is 40.5 Å². The fourth-order valence-corrected chi connectivity index (χ4v) is 4.45. The van der Waals surface area contributed by atoms with Crippen molar-refractivity contribution in [3.63, 3.8) is 0 Å². The van der Waals surface area contributed by atoms with E-state index in [1.54, 1.807) is 60.7 Å². The number of thioether (sulfide) groups is 1. The summed E-state index contributed by atoms with van der Waals surface area (Å²) in [5, 5.41) is 10.3. The molecule has 6 heteroatoms. The molecule has 1 fully saturated rings. The first kappa shape index (κ1) is 18.6. The highest BCUT2D eigenvalue weighted by Crippen LogP contribution is 2.50. The molecule has 0 saturated carbocycles. The van der Waals surface area contributed by atoms with Gasteiger partial charge in [-0.25, -0.2) is 4.39 Å². The Hall–Kier alpha value is -2.76. The van der Waals surface area contributed by atoms with Crippen LogP contribution in [-0.2, 0) is 4.79 Å². The van der Waals surface area contributed by atoms with Gasteiger partial charge in [-0.1, -0.05) is 65.8 Å². The van der Waals surface area contributed by atoms with Crippen LogP contribution in [0.5, 0.6) is 5.75 Å². The van der Waals surface area contributed by atoms with Gasteiger partial charge < -0.3 is 5.11 Å². The molecule has 0 spiro atoms. The fraction of sp³-hybridized carbons (Fsp3) is 0.0455. The van der Waals surface area contributed by atoms with Crippen molar-refractivity contribution in [2.45, 2.75) is 5.37 Å². The van der Waals surface area contributed by atoms with Gasteiger partial charge >= 0.3 is 0 Å². The van der Waals surface area contributed by atoms with E-state index in [2.05, 4.69) is 0 Å². The predicted octanol–water partition coefficient (Wildman–Crippen LogP) is 6.00. The number of aromatic hydroxyl groups is 1. The molecule has 1 amide bonds. The Kier molecular flexibility index (Phi) is 5.11. The number of halogens is 2. The molecule has 3 aromatic rings. The van der Waals surface area contributed by atoms with Crippen LogP contribution < -0.4 is 4.90 Å². The minimum absolute atomic E-state index is 0.0573. The minimum Gasteiger partial charge on any atom is -0.508 e. The van der Waals surface area contributed by atoms with E-state index in [1.165, 1.54) is 22.7 Å². The molecule has 0 aromatic heterocycles. The molecule has 1 aliphatic rings. The highest BCUT2D eigenvalue weighted by molar-refractivity contribution is 8.05. The average Bonchev–Trinajstić information content (AvgIpc) is 3.00. The summed E-state index contributed by atoms with van der Waals surface area (Å²) in [6.45, 7) is 0. The molecule has 3 nitrogen and oxygen atoms in total. The molecule has 1 atom stereocenters. The van der Waals surface area contributed by atoms with Crippen molar-refractivity contribution in [2.75, 3.05) is 4.90 Å². The van der Waals surface area contributed by atoms with E-state index in [0.717, 1.165) is 5.56 Å². The Labute approximate surface area is 171 Å². The highest BCUT2D eigenvalue weighted by atomic mass is 35.5. The number of amides is 1. The molecule has 1 heterocycles. The number of hydrogen-bond acceptors (Lipinski definition) is 3. The molecule has 1 N–H and O–H groups in total. The molecular formula is C22H15ClFNO2S. The SMILES string of the molecule is O=C1/C(=C/c2ccc(Cl)cc2)S[C@H](c2ccccc2O)N1c1ccccc1F. The van der Waals surface area contributed by atoms with Crippen LogP contribution >= 0.6 is 23.4 Å². The lowest BCUT2D eigenvalue weighted by Gasteiger charge is -2.24. The predicted molar refractivity (Wildman–Crippen MR) is 112 cm³/mol. The lowest BCUT2D eigenvalue weighted by molar-refractivity contribution is -0.114. The number of phenolic OH excluding ortho intramolecular Hbond substituents is 1. The smallest absolute Gasteiger partial charge is 0.266 e. The van der Waals surface area contributed by atoms with Crippen molar-refractivity contribution in [1.29, 1.82) is 0 Å². The molecular weight excluding hydrogens is 397 g/mol. The van der Waals surface area contributed by atoms with Crippen LogP contribution in [0.2, 0.25) is 5.02 Å². The molecule has 4 rings (SSSR count). The van der Waals surface area contributed by atoms with E-state index in [9.17, 15) is 14.3 Å². The van der Waals surface area contributed by atoms with E-state index in [1.807, 2.05) is 12.1 Å². The third-order valence-electron chi connectivity index (χ3n) is 4.39. The fourth-order valence-electron chi connectivity index (χ4n) is 3.04. The summed E-state index contributed by atoms with van der Waals surface area (Å²) in [5.41, 5.74) is 1.53. The van der Waals surface area contributed by atoms with Crippen LogP contribution in [0.1, 0.15) is 16.5 Å². The summed E-state index contributed by atoms with van der Waals surface area (Å²) in [7, 11) is 0. The maximum atomic E-state index is 14.5. The first-order chi connectivity index (χ1) is 13.5. The molecule has 140 valence electrons. The normalized spacial score (nSPS) is 18.1. The number of nitrogens with zero attached hydrogens (tertiary/aromatic N) is 1. The van der Waals surface area contributed by atoms with E-state index >= 15 is 0 Å². The highest BCUT2D eigenvalue weighted by Gasteiger charge is 2.40. The van der Waals surface area contributed by atoms with Crippen LogP contribution in [0.15, 0.2) is 77.7 Å². The van der Waals surface area contributed by atoms with E-state index in [0.29, 0.717) is 15.5 Å². The largest absolute Gasteiger partial charge is 0.508 e. The second-order valence-electron chi connectivity index (χ2n) is 6.22. The third kappa shape index (κ3) is 3.51. The lowest BCUT2D eigenvalue weighted by atomic mass is 10.1. The number of carbonyl (C=O) groups is 1. The van der Waals surface area contributed by atoms with Gasteiger partial charge in [-0.3, -0.25) is 9.69 Å². The maximum absolute atomic E-state index is 14.5. The van der Waals surface area contributed by atoms with Gasteiger partial charge in [0.25, 0.3) is 5.91 Å². The molecule has 0 radical (unpaired) electrons. The van der Waals surface area contributed by atoms with Crippen LogP contribution in [0.4, 0.5) is 10.1 Å². The van der Waals surface area contributed by atoms with Gasteiger partial charge in [-0.15, -0.1) is 0 Å². The van der Waals surface area contributed by atoms with Crippen LogP contribution in [0.3, 0.4) is 0 Å². The minimum atomic E-state index is -0.579. The summed E-state index contributed by atoms with van der Waals surface area (Å²) in [6.07, 6.45) is 1.75. The van der Waals surface area contributed by atoms with Gasteiger partial charge in [0, 0.05) is 10.6 Å². The number of rotatable bonds is 3. The van der Waals surface area contributed by atoms with Crippen molar-refractivity contribution >= 4 is 41.0 Å². The van der Waals surface area contributed by atoms with Gasteiger partial charge in [0.05, 0.1) is 10.6 Å². The number of hydrogen-bond donors (Lipinski definition) is 1. The first-order valence-electron chi connectivity index (χ1n) is 8.54. The van der Waals surface area contributed by atoms with E-state index in [4.69, 9.17) is 11.6 Å². The van der Waals surface area contributed by atoms with Gasteiger partial charge in [0.2, 0.25) is 0 Å². The zero-order valence-electron chi connectivity index (χ0n) is 14.5. The van der Waals surface area contributed by atoms with Crippen LogP contribution in [0.25, 0.3) is 6.08 Å². The first-order valence-corrected chi connectivity index (χ1v) is 9.80. The standard InChI is InChI=1S/C22H15ClFNO2S/c23-15-11-9-14(10-12-15)13-20-21(27)25(18-7-3-2-6-17(18)24)22(28-20)16-5-1-4-8-19(16)26/h1-13,22,26H/b20-13-/t22-/m1/s1. The molecule has 28 heavy (non-hydrogen) atoms. The van der Waals surface area contributed by atoms with Crippen molar-refractivity contribution in [3.05, 3.63) is 99.7 Å². The number of para-hydroxylation sites is 2. The average molecular weight is 412 g/mol. The Morgan fingerprint density at radius 3 is 2.39 bits per heavy atom. The Bertz CT molecular complexity index is 1070. The summed E-state index contributed by atoms with van der Waals surface area (Å²) in [6, 6.07) is 20.0. The Morgan fingerprint density at radius 2 is 1.68 bits per heavy atom. The molecule has 0 unspecified atom stereocenters. The van der Waals surface area contributed by atoms with Crippen molar-refractivity contribution in [1.82, 2.24) is 0 Å². The van der Waals surface area contributed by atoms with Crippen molar-refractivity contribution in [2.24, 2.45) is 0 Å².